The second kappa shape index (κ2) is 5.52. The molecule has 2 heterocycles. The van der Waals surface area contributed by atoms with Gasteiger partial charge in [-0.3, -0.25) is 14.5 Å². The fourth-order valence-electron chi connectivity index (χ4n) is 2.62. The first-order chi connectivity index (χ1) is 10.0. The summed E-state index contributed by atoms with van der Waals surface area (Å²) in [5.74, 6) is 1.58. The van der Waals surface area contributed by atoms with Crippen LogP contribution in [0.25, 0.3) is 11.0 Å². The van der Waals surface area contributed by atoms with E-state index in [-0.39, 0.29) is 16.9 Å². The molecule has 1 aromatic carbocycles. The molecule has 6 heteroatoms. The van der Waals surface area contributed by atoms with Crippen molar-refractivity contribution in [2.75, 3.05) is 17.2 Å². The van der Waals surface area contributed by atoms with Crippen LogP contribution in [0.5, 0.6) is 0 Å². The quantitative estimate of drug-likeness (QED) is 0.946. The molecular formula is C15H17N3O2S. The number of anilines is 1. The number of aromatic nitrogens is 2. The number of thioether (sulfide) groups is 1. The maximum Gasteiger partial charge on any atom is 0.229 e. The molecule has 1 atom stereocenters. The molecule has 0 bridgehead atoms. The lowest BCUT2D eigenvalue weighted by Crippen LogP contribution is -2.25. The standard InChI is InChI=1S/C15H17N3O2S/c1-9-4-3-5-12-14(9)17-15(16-12)18-7-11(6-13(18)20)8-21-10(2)19/h3-5,11H,6-8H2,1-2H3,(H,16,17). The van der Waals surface area contributed by atoms with Gasteiger partial charge in [-0.05, 0) is 24.5 Å². The highest BCUT2D eigenvalue weighted by atomic mass is 32.2. The third kappa shape index (κ3) is 2.81. The van der Waals surface area contributed by atoms with Crippen molar-refractivity contribution in [1.29, 1.82) is 0 Å². The second-order valence-electron chi connectivity index (χ2n) is 5.41. The molecule has 1 aliphatic rings. The molecule has 1 fully saturated rings. The Hall–Kier alpha value is -1.82. The summed E-state index contributed by atoms with van der Waals surface area (Å²) in [5.41, 5.74) is 2.94. The summed E-state index contributed by atoms with van der Waals surface area (Å²) >= 11 is 1.29. The molecule has 2 aromatic rings. The first-order valence-corrected chi connectivity index (χ1v) is 7.92. The average Bonchev–Trinajstić information content (AvgIpc) is 3.00. The van der Waals surface area contributed by atoms with E-state index < -0.39 is 0 Å². The van der Waals surface area contributed by atoms with E-state index in [9.17, 15) is 9.59 Å². The maximum absolute atomic E-state index is 12.2. The van der Waals surface area contributed by atoms with Crippen molar-refractivity contribution in [1.82, 2.24) is 9.97 Å². The Balaban J connectivity index is 1.81. The fraction of sp³-hybridized carbons (Fsp3) is 0.400. The van der Waals surface area contributed by atoms with E-state index in [0.717, 1.165) is 16.6 Å². The topological polar surface area (TPSA) is 66.1 Å². The van der Waals surface area contributed by atoms with Crippen molar-refractivity contribution in [3.8, 4) is 0 Å². The van der Waals surface area contributed by atoms with E-state index in [1.54, 1.807) is 11.8 Å². The van der Waals surface area contributed by atoms with E-state index in [1.807, 2.05) is 25.1 Å². The molecular weight excluding hydrogens is 286 g/mol. The van der Waals surface area contributed by atoms with E-state index in [0.29, 0.717) is 24.7 Å². The lowest BCUT2D eigenvalue weighted by molar-refractivity contribution is -0.117. The zero-order valence-electron chi connectivity index (χ0n) is 12.0. The van der Waals surface area contributed by atoms with Crippen LogP contribution in [0.15, 0.2) is 18.2 Å². The van der Waals surface area contributed by atoms with Crippen LogP contribution in [-0.4, -0.2) is 33.3 Å². The number of hydrogen-bond donors (Lipinski definition) is 1. The number of hydrogen-bond acceptors (Lipinski definition) is 4. The first-order valence-electron chi connectivity index (χ1n) is 6.93. The van der Waals surface area contributed by atoms with Gasteiger partial charge >= 0.3 is 0 Å². The monoisotopic (exact) mass is 303 g/mol. The summed E-state index contributed by atoms with van der Waals surface area (Å²) in [6.07, 6.45) is 0.482. The number of aryl methyl sites for hydroxylation is 1. The summed E-state index contributed by atoms with van der Waals surface area (Å²) < 4.78 is 0. The molecule has 0 radical (unpaired) electrons. The molecule has 1 saturated heterocycles. The van der Waals surface area contributed by atoms with E-state index >= 15 is 0 Å². The van der Waals surface area contributed by atoms with Gasteiger partial charge in [0.15, 0.2) is 5.12 Å². The van der Waals surface area contributed by atoms with Crippen LogP contribution in [0.4, 0.5) is 5.95 Å². The van der Waals surface area contributed by atoms with Gasteiger partial charge in [-0.25, -0.2) is 4.98 Å². The molecule has 110 valence electrons. The summed E-state index contributed by atoms with van der Waals surface area (Å²) in [6, 6.07) is 5.94. The van der Waals surface area contributed by atoms with E-state index in [1.165, 1.54) is 11.8 Å². The Labute approximate surface area is 127 Å². The molecule has 0 spiro atoms. The predicted octanol–water partition coefficient (Wildman–Crippen LogP) is 2.50. The van der Waals surface area contributed by atoms with Crippen LogP contribution in [-0.2, 0) is 9.59 Å². The third-order valence-electron chi connectivity index (χ3n) is 3.69. The number of rotatable bonds is 3. The van der Waals surface area contributed by atoms with Gasteiger partial charge in [0, 0.05) is 25.6 Å². The van der Waals surface area contributed by atoms with Crippen molar-refractivity contribution in [3.05, 3.63) is 23.8 Å². The number of nitrogens with zero attached hydrogens (tertiary/aromatic N) is 2. The number of nitrogens with one attached hydrogen (secondary N) is 1. The lowest BCUT2D eigenvalue weighted by atomic mass is 10.1. The summed E-state index contributed by atoms with van der Waals surface area (Å²) in [5, 5.41) is 0.0975. The Bertz CT molecular complexity index is 710. The van der Waals surface area contributed by atoms with Crippen molar-refractivity contribution in [2.45, 2.75) is 20.3 Å². The SMILES string of the molecule is CC(=O)SCC1CC(=O)N(c2nc3c(C)cccc3[nH]2)C1. The molecule has 5 nitrogen and oxygen atoms in total. The van der Waals surface area contributed by atoms with Gasteiger partial charge < -0.3 is 4.98 Å². The molecule has 0 aliphatic carbocycles. The van der Waals surface area contributed by atoms with Gasteiger partial charge in [0.1, 0.15) is 0 Å². The van der Waals surface area contributed by atoms with E-state index in [2.05, 4.69) is 9.97 Å². The van der Waals surface area contributed by atoms with Crippen LogP contribution < -0.4 is 4.90 Å². The zero-order chi connectivity index (χ0) is 15.0. The molecule has 1 unspecified atom stereocenters. The molecule has 0 saturated carbocycles. The minimum absolute atomic E-state index is 0.0702. The maximum atomic E-state index is 12.2. The van der Waals surface area contributed by atoms with Crippen molar-refractivity contribution >= 4 is 39.8 Å². The average molecular weight is 303 g/mol. The number of carbonyl (C=O) groups excluding carboxylic acids is 2. The van der Waals surface area contributed by atoms with Gasteiger partial charge in [-0.2, -0.15) is 0 Å². The highest BCUT2D eigenvalue weighted by Crippen LogP contribution is 2.28. The predicted molar refractivity (Wildman–Crippen MR) is 84.4 cm³/mol. The number of benzene rings is 1. The molecule has 1 aromatic heterocycles. The number of H-pyrrole nitrogens is 1. The number of imidazole rings is 1. The van der Waals surface area contributed by atoms with Crippen LogP contribution in [0, 0.1) is 12.8 Å². The van der Waals surface area contributed by atoms with Gasteiger partial charge in [0.25, 0.3) is 0 Å². The van der Waals surface area contributed by atoms with E-state index in [4.69, 9.17) is 0 Å². The Kier molecular flexibility index (Phi) is 3.71. The summed E-state index contributed by atoms with van der Waals surface area (Å²) in [4.78, 5) is 32.7. The fourth-order valence-corrected chi connectivity index (χ4v) is 3.32. The third-order valence-corrected chi connectivity index (χ3v) is 4.73. The van der Waals surface area contributed by atoms with Gasteiger partial charge in [0.05, 0.1) is 11.0 Å². The number of aromatic amines is 1. The van der Waals surface area contributed by atoms with Crippen LogP contribution in [0.3, 0.4) is 0 Å². The molecule has 1 amide bonds. The Morgan fingerprint density at radius 3 is 3.05 bits per heavy atom. The highest BCUT2D eigenvalue weighted by molar-refractivity contribution is 8.13. The second-order valence-corrected chi connectivity index (χ2v) is 6.61. The van der Waals surface area contributed by atoms with Crippen molar-refractivity contribution in [3.63, 3.8) is 0 Å². The number of fused-ring (bicyclic) bond motifs is 1. The van der Waals surface area contributed by atoms with Gasteiger partial charge in [-0.1, -0.05) is 23.9 Å². The normalized spacial score (nSPS) is 18.7. The first kappa shape index (κ1) is 14.1. The molecule has 1 aliphatic heterocycles. The van der Waals surface area contributed by atoms with Crippen LogP contribution >= 0.6 is 11.8 Å². The number of amides is 1. The highest BCUT2D eigenvalue weighted by Gasteiger charge is 2.32. The molecule has 21 heavy (non-hydrogen) atoms. The lowest BCUT2D eigenvalue weighted by Gasteiger charge is -2.12. The van der Waals surface area contributed by atoms with Gasteiger partial charge in [-0.15, -0.1) is 0 Å². The number of para-hydroxylation sites is 1. The minimum Gasteiger partial charge on any atom is -0.324 e. The summed E-state index contributed by atoms with van der Waals surface area (Å²) in [6.45, 7) is 4.18. The smallest absolute Gasteiger partial charge is 0.229 e. The van der Waals surface area contributed by atoms with Crippen molar-refractivity contribution in [2.24, 2.45) is 5.92 Å². The Morgan fingerprint density at radius 1 is 1.52 bits per heavy atom. The van der Waals surface area contributed by atoms with Gasteiger partial charge in [0.2, 0.25) is 11.9 Å². The zero-order valence-corrected chi connectivity index (χ0v) is 12.9. The minimum atomic E-state index is 0.0702. The van der Waals surface area contributed by atoms with Crippen LogP contribution in [0.2, 0.25) is 0 Å². The largest absolute Gasteiger partial charge is 0.324 e. The van der Waals surface area contributed by atoms with Crippen molar-refractivity contribution < 1.29 is 9.59 Å². The number of carbonyl (C=O) groups is 2. The Morgan fingerprint density at radius 2 is 2.33 bits per heavy atom. The van der Waals surface area contributed by atoms with Crippen LogP contribution in [0.1, 0.15) is 18.9 Å². The molecule has 3 rings (SSSR count). The summed E-state index contributed by atoms with van der Waals surface area (Å²) in [7, 11) is 0. The molecule has 1 N–H and O–H groups in total.